The van der Waals surface area contributed by atoms with Crippen LogP contribution in [0.25, 0.3) is 11.3 Å². The molecule has 0 unspecified atom stereocenters. The number of benzene rings is 2. The minimum Gasteiger partial charge on any atom is -0.394 e. The molecule has 2 amide bonds. The summed E-state index contributed by atoms with van der Waals surface area (Å²) < 4.78 is 0. The first-order valence-electron chi connectivity index (χ1n) is 10.4. The van der Waals surface area contributed by atoms with Gasteiger partial charge in [-0.15, -0.1) is 0 Å². The summed E-state index contributed by atoms with van der Waals surface area (Å²) in [5.41, 5.74) is 4.18. The molecule has 0 saturated heterocycles. The second-order valence-corrected chi connectivity index (χ2v) is 8.72. The number of rotatable bonds is 6. The zero-order valence-corrected chi connectivity index (χ0v) is 19.6. The Morgan fingerprint density at radius 3 is 2.76 bits per heavy atom. The van der Waals surface area contributed by atoms with E-state index in [2.05, 4.69) is 15.3 Å². The number of aliphatic hydroxyl groups is 1. The quantitative estimate of drug-likeness (QED) is 0.516. The number of nitrogens with zero attached hydrogens (tertiary/aromatic N) is 3. The molecular formula is C24H22Cl2N4O3. The molecular weight excluding hydrogens is 463 g/mol. The predicted molar refractivity (Wildman–Crippen MR) is 126 cm³/mol. The molecule has 0 aliphatic carbocycles. The van der Waals surface area contributed by atoms with Crippen molar-refractivity contribution >= 4 is 35.0 Å². The SMILES string of the molecule is Cc1cccc([C@@H](CO)NC(=O)[C@@H](C)N2Cc3ccc(-c4nc(Cl)ncc4Cl)cc3C2=O)c1. The van der Waals surface area contributed by atoms with Crippen molar-refractivity contribution in [2.75, 3.05) is 6.61 Å². The Balaban J connectivity index is 1.53. The van der Waals surface area contributed by atoms with E-state index in [0.29, 0.717) is 28.4 Å². The van der Waals surface area contributed by atoms with Gasteiger partial charge >= 0.3 is 0 Å². The lowest BCUT2D eigenvalue weighted by Gasteiger charge is -2.26. The van der Waals surface area contributed by atoms with Crippen molar-refractivity contribution in [3.63, 3.8) is 0 Å². The fourth-order valence-electron chi connectivity index (χ4n) is 3.89. The molecule has 2 heterocycles. The van der Waals surface area contributed by atoms with E-state index in [9.17, 15) is 14.7 Å². The molecule has 2 N–H and O–H groups in total. The van der Waals surface area contributed by atoms with E-state index in [1.165, 1.54) is 11.1 Å². The molecule has 170 valence electrons. The van der Waals surface area contributed by atoms with Crippen molar-refractivity contribution in [1.29, 1.82) is 0 Å². The zero-order valence-electron chi connectivity index (χ0n) is 18.0. The molecule has 0 saturated carbocycles. The second-order valence-electron chi connectivity index (χ2n) is 7.97. The maximum absolute atomic E-state index is 13.2. The van der Waals surface area contributed by atoms with Crippen LogP contribution in [0.4, 0.5) is 0 Å². The van der Waals surface area contributed by atoms with Gasteiger partial charge in [-0.3, -0.25) is 9.59 Å². The number of carbonyl (C=O) groups is 2. The van der Waals surface area contributed by atoms with Crippen LogP contribution in [-0.4, -0.2) is 44.4 Å². The van der Waals surface area contributed by atoms with Gasteiger partial charge in [-0.2, -0.15) is 0 Å². The van der Waals surface area contributed by atoms with Crippen LogP contribution in [0.3, 0.4) is 0 Å². The summed E-state index contributed by atoms with van der Waals surface area (Å²) in [5.74, 6) is -0.607. The molecule has 1 aromatic heterocycles. The van der Waals surface area contributed by atoms with Gasteiger partial charge in [-0.05, 0) is 42.6 Å². The Morgan fingerprint density at radius 1 is 1.24 bits per heavy atom. The molecule has 3 aromatic rings. The fourth-order valence-corrected chi connectivity index (χ4v) is 4.22. The number of aliphatic hydroxyl groups excluding tert-OH is 1. The highest BCUT2D eigenvalue weighted by molar-refractivity contribution is 6.33. The molecule has 1 aliphatic rings. The number of hydrogen-bond donors (Lipinski definition) is 2. The van der Waals surface area contributed by atoms with E-state index in [-0.39, 0.29) is 23.7 Å². The maximum Gasteiger partial charge on any atom is 0.255 e. The van der Waals surface area contributed by atoms with Crippen molar-refractivity contribution in [2.24, 2.45) is 0 Å². The predicted octanol–water partition coefficient (Wildman–Crippen LogP) is 3.95. The first-order valence-corrected chi connectivity index (χ1v) is 11.1. The molecule has 33 heavy (non-hydrogen) atoms. The minimum atomic E-state index is -0.732. The van der Waals surface area contributed by atoms with Crippen molar-refractivity contribution in [3.05, 3.63) is 81.2 Å². The van der Waals surface area contributed by atoms with Crippen LogP contribution >= 0.6 is 23.2 Å². The van der Waals surface area contributed by atoms with Crippen molar-refractivity contribution in [2.45, 2.75) is 32.5 Å². The van der Waals surface area contributed by atoms with Gasteiger partial charge in [0.2, 0.25) is 11.2 Å². The zero-order chi connectivity index (χ0) is 23.7. The minimum absolute atomic E-state index is 0.0557. The molecule has 7 nitrogen and oxygen atoms in total. The third-order valence-electron chi connectivity index (χ3n) is 5.72. The van der Waals surface area contributed by atoms with Crippen LogP contribution in [0.5, 0.6) is 0 Å². The fraction of sp³-hybridized carbons (Fsp3) is 0.250. The van der Waals surface area contributed by atoms with Crippen LogP contribution in [0.15, 0.2) is 48.7 Å². The van der Waals surface area contributed by atoms with Gasteiger partial charge < -0.3 is 15.3 Å². The Hall–Kier alpha value is -3.00. The normalized spacial score (nSPS) is 14.7. The largest absolute Gasteiger partial charge is 0.394 e. The van der Waals surface area contributed by atoms with Crippen molar-refractivity contribution in [1.82, 2.24) is 20.2 Å². The monoisotopic (exact) mass is 484 g/mol. The van der Waals surface area contributed by atoms with E-state index >= 15 is 0 Å². The third-order valence-corrected chi connectivity index (χ3v) is 6.18. The standard InChI is InChI=1S/C24H22Cl2N4O3/c1-13-4-3-5-15(8-13)20(12-31)28-22(32)14(2)30-11-17-7-6-16(9-18(17)23(30)33)21-19(25)10-27-24(26)29-21/h3-10,14,20,31H,11-12H2,1-2H3,(H,28,32)/t14-,20-/m1/s1. The lowest BCUT2D eigenvalue weighted by Crippen LogP contribution is -2.46. The number of aryl methyl sites for hydroxylation is 1. The number of carbonyl (C=O) groups excluding carboxylic acids is 2. The molecule has 0 bridgehead atoms. The van der Waals surface area contributed by atoms with Crippen LogP contribution in [0, 0.1) is 6.92 Å². The molecule has 2 aromatic carbocycles. The summed E-state index contributed by atoms with van der Waals surface area (Å²) in [6, 6.07) is 11.6. The smallest absolute Gasteiger partial charge is 0.255 e. The highest BCUT2D eigenvalue weighted by Gasteiger charge is 2.35. The van der Waals surface area contributed by atoms with Gasteiger partial charge in [0.05, 0.1) is 29.6 Å². The number of amides is 2. The molecule has 4 rings (SSSR count). The average Bonchev–Trinajstić information content (AvgIpc) is 3.14. The van der Waals surface area contributed by atoms with E-state index in [1.807, 2.05) is 43.3 Å². The number of halogens is 2. The molecule has 0 radical (unpaired) electrons. The second kappa shape index (κ2) is 9.47. The molecule has 1 aliphatic heterocycles. The summed E-state index contributed by atoms with van der Waals surface area (Å²) >= 11 is 12.1. The van der Waals surface area contributed by atoms with Gasteiger partial charge in [-0.1, -0.05) is 53.6 Å². The maximum atomic E-state index is 13.2. The van der Waals surface area contributed by atoms with E-state index in [1.54, 1.807) is 13.0 Å². The summed E-state index contributed by atoms with van der Waals surface area (Å²) in [6.07, 6.45) is 1.41. The van der Waals surface area contributed by atoms with Crippen molar-refractivity contribution in [3.8, 4) is 11.3 Å². The lowest BCUT2D eigenvalue weighted by molar-refractivity contribution is -0.126. The first-order chi connectivity index (χ1) is 15.8. The van der Waals surface area contributed by atoms with Gasteiger partial charge in [0.25, 0.3) is 5.91 Å². The van der Waals surface area contributed by atoms with Gasteiger partial charge in [-0.25, -0.2) is 9.97 Å². The van der Waals surface area contributed by atoms with Crippen LogP contribution < -0.4 is 5.32 Å². The van der Waals surface area contributed by atoms with Crippen LogP contribution in [0.1, 0.15) is 40.0 Å². The average molecular weight is 485 g/mol. The summed E-state index contributed by atoms with van der Waals surface area (Å²) in [6.45, 7) is 3.67. The summed E-state index contributed by atoms with van der Waals surface area (Å²) in [7, 11) is 0. The lowest BCUT2D eigenvalue weighted by atomic mass is 10.0. The molecule has 9 heteroatoms. The number of hydrogen-bond acceptors (Lipinski definition) is 5. The number of aromatic nitrogens is 2. The topological polar surface area (TPSA) is 95.4 Å². The third kappa shape index (κ3) is 4.71. The summed E-state index contributed by atoms with van der Waals surface area (Å²) in [4.78, 5) is 35.6. The summed E-state index contributed by atoms with van der Waals surface area (Å²) in [5, 5.41) is 13.0. The number of fused-ring (bicyclic) bond motifs is 1. The van der Waals surface area contributed by atoms with E-state index in [0.717, 1.165) is 16.7 Å². The molecule has 2 atom stereocenters. The van der Waals surface area contributed by atoms with Crippen LogP contribution in [-0.2, 0) is 11.3 Å². The van der Waals surface area contributed by atoms with Crippen molar-refractivity contribution < 1.29 is 14.7 Å². The molecule has 0 fully saturated rings. The van der Waals surface area contributed by atoms with Crippen LogP contribution in [0.2, 0.25) is 10.3 Å². The number of nitrogens with one attached hydrogen (secondary N) is 1. The highest BCUT2D eigenvalue weighted by Crippen LogP contribution is 2.32. The Labute approximate surface area is 201 Å². The van der Waals surface area contributed by atoms with Gasteiger partial charge in [0, 0.05) is 17.7 Å². The molecule has 0 spiro atoms. The first kappa shape index (κ1) is 23.2. The van der Waals surface area contributed by atoms with E-state index < -0.39 is 12.1 Å². The Morgan fingerprint density at radius 2 is 2.03 bits per heavy atom. The van der Waals surface area contributed by atoms with Gasteiger partial charge in [0.1, 0.15) is 6.04 Å². The van der Waals surface area contributed by atoms with Gasteiger partial charge in [0.15, 0.2) is 0 Å². The Kier molecular flexibility index (Phi) is 6.65. The van der Waals surface area contributed by atoms with E-state index in [4.69, 9.17) is 23.2 Å². The Bertz CT molecular complexity index is 1230. The highest BCUT2D eigenvalue weighted by atomic mass is 35.5.